The minimum atomic E-state index is -1.40. The highest BCUT2D eigenvalue weighted by Crippen LogP contribution is 2.39. The molecule has 0 saturated carbocycles. The zero-order valence-electron chi connectivity index (χ0n) is 15.0. The van der Waals surface area contributed by atoms with Crippen LogP contribution in [0.1, 0.15) is 22.5 Å². The summed E-state index contributed by atoms with van der Waals surface area (Å²) in [5.74, 6) is 1.19. The Hall–Kier alpha value is -2.32. The van der Waals surface area contributed by atoms with E-state index < -0.39 is 8.07 Å². The van der Waals surface area contributed by atoms with Crippen molar-refractivity contribution in [2.75, 3.05) is 0 Å². The summed E-state index contributed by atoms with van der Waals surface area (Å²) >= 11 is 0. The molecule has 3 aromatic carbocycles. The molecule has 0 radical (unpaired) electrons. The van der Waals surface area contributed by atoms with Gasteiger partial charge in [0.25, 0.3) is 0 Å². The van der Waals surface area contributed by atoms with E-state index in [4.69, 9.17) is 4.42 Å². The van der Waals surface area contributed by atoms with Gasteiger partial charge in [0, 0.05) is 12.8 Å². The van der Waals surface area contributed by atoms with Gasteiger partial charge in [0.2, 0.25) is 0 Å². The van der Waals surface area contributed by atoms with Gasteiger partial charge < -0.3 is 4.42 Å². The average Bonchev–Trinajstić information content (AvgIpc) is 3.04. The summed E-state index contributed by atoms with van der Waals surface area (Å²) in [4.78, 5) is 0. The van der Waals surface area contributed by atoms with E-state index in [0.717, 1.165) is 12.8 Å². The van der Waals surface area contributed by atoms with E-state index in [1.165, 1.54) is 49.2 Å². The first kappa shape index (κ1) is 15.0. The molecule has 2 heteroatoms. The first-order valence-corrected chi connectivity index (χ1v) is 12.5. The van der Waals surface area contributed by atoms with Crippen LogP contribution in [-0.4, -0.2) is 8.07 Å². The van der Waals surface area contributed by atoms with Crippen LogP contribution >= 0.6 is 0 Å². The van der Waals surface area contributed by atoms with Crippen molar-refractivity contribution in [3.8, 4) is 0 Å². The van der Waals surface area contributed by atoms with Gasteiger partial charge in [0.05, 0.1) is 14.3 Å². The summed E-state index contributed by atoms with van der Waals surface area (Å²) in [6.45, 7) is 7.23. The number of hydrogen-bond acceptors (Lipinski definition) is 1. The van der Waals surface area contributed by atoms with Crippen molar-refractivity contribution in [2.24, 2.45) is 0 Å². The molecular formula is C23H22OSi. The average molecular weight is 343 g/mol. The first-order valence-electron chi connectivity index (χ1n) is 9.05. The van der Waals surface area contributed by atoms with E-state index in [0.29, 0.717) is 0 Å². The maximum absolute atomic E-state index is 6.07. The number of fused-ring (bicyclic) bond motifs is 7. The summed E-state index contributed by atoms with van der Waals surface area (Å²) < 4.78 is 6.07. The summed E-state index contributed by atoms with van der Waals surface area (Å²) in [6, 6.07) is 17.7. The second-order valence-electron chi connectivity index (χ2n) is 8.20. The predicted molar refractivity (Wildman–Crippen MR) is 109 cm³/mol. The fourth-order valence-corrected chi connectivity index (χ4v) is 5.97. The van der Waals surface area contributed by atoms with Gasteiger partial charge in [-0.15, -0.1) is 0 Å². The Bertz CT molecular complexity index is 1130. The van der Waals surface area contributed by atoms with Gasteiger partial charge in [-0.2, -0.15) is 0 Å². The van der Waals surface area contributed by atoms with Crippen LogP contribution in [0.3, 0.4) is 0 Å². The molecule has 5 rings (SSSR count). The molecule has 0 atom stereocenters. The zero-order chi connectivity index (χ0) is 17.2. The molecule has 0 aliphatic heterocycles. The molecule has 124 valence electrons. The third-order valence-electron chi connectivity index (χ3n) is 5.64. The second-order valence-corrected chi connectivity index (χ2v) is 13.2. The molecule has 1 aromatic heterocycles. The standard InChI is InChI=1S/C23H22OSi/c1-25(2,3)23-14-24-22-13-20-18-11-7-5-9-16(18)15-8-4-6-10-17(15)19(20)12-21(22)23/h4-11,14H,12-13H2,1-3H3. The molecule has 0 amide bonds. The topological polar surface area (TPSA) is 13.1 Å². The van der Waals surface area contributed by atoms with E-state index in [2.05, 4.69) is 68.2 Å². The third-order valence-corrected chi connectivity index (χ3v) is 7.67. The van der Waals surface area contributed by atoms with Gasteiger partial charge in [0.15, 0.2) is 0 Å². The van der Waals surface area contributed by atoms with Crippen molar-refractivity contribution in [1.29, 1.82) is 0 Å². The summed E-state index contributed by atoms with van der Waals surface area (Å²) in [5, 5.41) is 7.01. The van der Waals surface area contributed by atoms with Crippen molar-refractivity contribution in [2.45, 2.75) is 32.5 Å². The number of hydrogen-bond donors (Lipinski definition) is 0. The Morgan fingerprint density at radius 2 is 1.20 bits per heavy atom. The quantitative estimate of drug-likeness (QED) is 0.284. The van der Waals surface area contributed by atoms with Gasteiger partial charge in [0.1, 0.15) is 5.76 Å². The Balaban J connectivity index is 1.85. The van der Waals surface area contributed by atoms with Crippen LogP contribution in [0.4, 0.5) is 0 Å². The molecular weight excluding hydrogens is 320 g/mol. The molecule has 1 heterocycles. The lowest BCUT2D eigenvalue weighted by atomic mass is 9.83. The highest BCUT2D eigenvalue weighted by molar-refractivity contribution is 6.89. The van der Waals surface area contributed by atoms with Crippen LogP contribution < -0.4 is 5.19 Å². The molecule has 0 unspecified atom stereocenters. The minimum absolute atomic E-state index is 0.917. The predicted octanol–water partition coefficient (Wildman–Crippen LogP) is 5.63. The number of benzene rings is 3. The molecule has 0 fully saturated rings. The second kappa shape index (κ2) is 5.09. The van der Waals surface area contributed by atoms with E-state index in [9.17, 15) is 0 Å². The van der Waals surface area contributed by atoms with Crippen LogP contribution in [0.5, 0.6) is 0 Å². The maximum atomic E-state index is 6.07. The van der Waals surface area contributed by atoms with Crippen molar-refractivity contribution in [3.63, 3.8) is 0 Å². The first-order chi connectivity index (χ1) is 12.0. The lowest BCUT2D eigenvalue weighted by Gasteiger charge is -2.24. The van der Waals surface area contributed by atoms with Crippen molar-refractivity contribution in [1.82, 2.24) is 0 Å². The zero-order valence-corrected chi connectivity index (χ0v) is 16.0. The van der Waals surface area contributed by atoms with E-state index in [1.54, 1.807) is 0 Å². The Kier molecular flexibility index (Phi) is 3.05. The highest BCUT2D eigenvalue weighted by Gasteiger charge is 2.30. The normalized spacial score (nSPS) is 13.9. The highest BCUT2D eigenvalue weighted by atomic mass is 28.3. The van der Waals surface area contributed by atoms with Crippen LogP contribution in [-0.2, 0) is 12.8 Å². The molecule has 0 N–H and O–H groups in total. The Labute approximate surface area is 149 Å². The maximum Gasteiger partial charge on any atom is 0.111 e. The number of furan rings is 1. The largest absolute Gasteiger partial charge is 0.469 e. The molecule has 1 aliphatic carbocycles. The van der Waals surface area contributed by atoms with Crippen molar-refractivity contribution < 1.29 is 4.42 Å². The van der Waals surface area contributed by atoms with Gasteiger partial charge in [-0.25, -0.2) is 0 Å². The van der Waals surface area contributed by atoms with E-state index in [1.807, 2.05) is 6.26 Å². The fraction of sp³-hybridized carbons (Fsp3) is 0.217. The van der Waals surface area contributed by atoms with Gasteiger partial charge >= 0.3 is 0 Å². The SMILES string of the molecule is C[Si](C)(C)c1coc2c1Cc1c(c3ccccc3c3ccccc13)C2. The van der Waals surface area contributed by atoms with Crippen LogP contribution in [0, 0.1) is 0 Å². The van der Waals surface area contributed by atoms with Gasteiger partial charge in [-0.3, -0.25) is 0 Å². The molecule has 0 spiro atoms. The van der Waals surface area contributed by atoms with Crippen LogP contribution in [0.25, 0.3) is 21.5 Å². The molecule has 1 nitrogen and oxygen atoms in total. The Morgan fingerprint density at radius 1 is 0.680 bits per heavy atom. The lowest BCUT2D eigenvalue weighted by molar-refractivity contribution is 0.515. The smallest absolute Gasteiger partial charge is 0.111 e. The monoisotopic (exact) mass is 342 g/mol. The minimum Gasteiger partial charge on any atom is -0.469 e. The molecule has 1 aliphatic rings. The van der Waals surface area contributed by atoms with E-state index >= 15 is 0 Å². The third kappa shape index (κ3) is 2.14. The summed E-state index contributed by atoms with van der Waals surface area (Å²) in [5.41, 5.74) is 4.42. The lowest BCUT2D eigenvalue weighted by Crippen LogP contribution is -2.39. The summed E-state index contributed by atoms with van der Waals surface area (Å²) in [6.07, 6.45) is 3.97. The van der Waals surface area contributed by atoms with Crippen LogP contribution in [0.15, 0.2) is 59.2 Å². The van der Waals surface area contributed by atoms with Crippen molar-refractivity contribution in [3.05, 3.63) is 77.2 Å². The van der Waals surface area contributed by atoms with Crippen LogP contribution in [0.2, 0.25) is 19.6 Å². The van der Waals surface area contributed by atoms with Gasteiger partial charge in [-0.05, 0) is 43.4 Å². The summed E-state index contributed by atoms with van der Waals surface area (Å²) in [7, 11) is -1.40. The van der Waals surface area contributed by atoms with Crippen molar-refractivity contribution >= 4 is 34.8 Å². The molecule has 0 bridgehead atoms. The number of rotatable bonds is 1. The Morgan fingerprint density at radius 3 is 1.76 bits per heavy atom. The molecule has 0 saturated heterocycles. The fourth-order valence-electron chi connectivity index (χ4n) is 4.42. The molecule has 4 aromatic rings. The van der Waals surface area contributed by atoms with Gasteiger partial charge in [-0.1, -0.05) is 68.2 Å². The molecule has 25 heavy (non-hydrogen) atoms. The van der Waals surface area contributed by atoms with E-state index in [-0.39, 0.29) is 0 Å².